The van der Waals surface area contributed by atoms with Gasteiger partial charge in [-0.25, -0.2) is 4.52 Å². The molecule has 8 heteroatoms. The molecule has 3 rings (SSSR count). The Morgan fingerprint density at radius 1 is 1.45 bits per heavy atom. The lowest BCUT2D eigenvalue weighted by Gasteiger charge is -2.28. The second kappa shape index (κ2) is 7.78. The van der Waals surface area contributed by atoms with Gasteiger partial charge in [-0.05, 0) is 43.7 Å². The number of aromatic nitrogens is 2. The van der Waals surface area contributed by atoms with Gasteiger partial charge in [-0.15, -0.1) is 24.8 Å². The molecule has 1 amide bonds. The van der Waals surface area contributed by atoms with Crippen molar-refractivity contribution < 1.29 is 9.90 Å². The van der Waals surface area contributed by atoms with E-state index in [0.29, 0.717) is 12.2 Å². The Balaban J connectivity index is 0.00000121. The molecule has 1 aliphatic heterocycles. The summed E-state index contributed by atoms with van der Waals surface area (Å²) in [6, 6.07) is 5.47. The van der Waals surface area contributed by atoms with Crippen LogP contribution < -0.4 is 10.6 Å². The van der Waals surface area contributed by atoms with Crippen LogP contribution in [0.1, 0.15) is 22.5 Å². The van der Waals surface area contributed by atoms with Crippen LogP contribution in [0.25, 0.3) is 5.52 Å². The molecule has 2 aromatic heterocycles. The van der Waals surface area contributed by atoms with E-state index in [4.69, 9.17) is 0 Å². The van der Waals surface area contributed by atoms with Crippen molar-refractivity contribution in [3.8, 4) is 0 Å². The largest absolute Gasteiger partial charge is 0.390 e. The lowest BCUT2D eigenvalue weighted by atomic mass is 10.0. The van der Waals surface area contributed by atoms with Crippen molar-refractivity contribution in [2.45, 2.75) is 25.5 Å². The van der Waals surface area contributed by atoms with Crippen LogP contribution >= 0.6 is 24.8 Å². The Morgan fingerprint density at radius 3 is 2.95 bits per heavy atom. The molecule has 0 aliphatic carbocycles. The average Bonchev–Trinajstić information content (AvgIpc) is 2.84. The van der Waals surface area contributed by atoms with Crippen LogP contribution in [0.3, 0.4) is 0 Å². The third-order valence-corrected chi connectivity index (χ3v) is 3.62. The fourth-order valence-corrected chi connectivity index (χ4v) is 2.47. The molecule has 1 fully saturated rings. The molecule has 3 heterocycles. The third-order valence-electron chi connectivity index (χ3n) is 3.62. The van der Waals surface area contributed by atoms with Gasteiger partial charge in [0.25, 0.3) is 5.91 Å². The smallest absolute Gasteiger partial charge is 0.272 e. The number of fused-ring (bicyclic) bond motifs is 1. The SMILES string of the molecule is Cc1ccn2nc(C(=O)N[C@@H]3CCNC[C@H]3O)cc2c1.Cl.Cl. The first-order valence-electron chi connectivity index (χ1n) is 6.79. The molecule has 2 aromatic rings. The minimum atomic E-state index is -0.549. The molecule has 22 heavy (non-hydrogen) atoms. The predicted molar refractivity (Wildman–Crippen MR) is 89.2 cm³/mol. The van der Waals surface area contributed by atoms with Crippen molar-refractivity contribution >= 4 is 36.2 Å². The number of halogens is 2. The van der Waals surface area contributed by atoms with Crippen molar-refractivity contribution in [1.82, 2.24) is 20.2 Å². The number of hydrogen-bond donors (Lipinski definition) is 3. The van der Waals surface area contributed by atoms with Crippen molar-refractivity contribution in [2.75, 3.05) is 13.1 Å². The zero-order chi connectivity index (χ0) is 14.1. The molecule has 3 N–H and O–H groups in total. The highest BCUT2D eigenvalue weighted by Gasteiger charge is 2.25. The van der Waals surface area contributed by atoms with Gasteiger partial charge >= 0.3 is 0 Å². The zero-order valence-electron chi connectivity index (χ0n) is 12.2. The molecule has 122 valence electrons. The molecule has 2 atom stereocenters. The lowest BCUT2D eigenvalue weighted by Crippen LogP contribution is -2.52. The number of hydrogen-bond acceptors (Lipinski definition) is 4. The molecule has 0 radical (unpaired) electrons. The summed E-state index contributed by atoms with van der Waals surface area (Å²) in [6.07, 6.45) is 2.01. The van der Waals surface area contributed by atoms with Gasteiger partial charge in [0.05, 0.1) is 17.7 Å². The summed E-state index contributed by atoms with van der Waals surface area (Å²) in [7, 11) is 0. The summed E-state index contributed by atoms with van der Waals surface area (Å²) >= 11 is 0. The van der Waals surface area contributed by atoms with Gasteiger partial charge in [0.1, 0.15) is 0 Å². The Kier molecular flexibility index (Phi) is 6.62. The zero-order valence-corrected chi connectivity index (χ0v) is 13.8. The van der Waals surface area contributed by atoms with E-state index in [1.807, 2.05) is 25.3 Å². The van der Waals surface area contributed by atoms with Crippen molar-refractivity contribution in [3.63, 3.8) is 0 Å². The minimum absolute atomic E-state index is 0. The first kappa shape index (κ1) is 18.7. The Bertz CT molecular complexity index is 647. The maximum absolute atomic E-state index is 12.2. The maximum atomic E-state index is 12.2. The highest BCUT2D eigenvalue weighted by Crippen LogP contribution is 2.10. The van der Waals surface area contributed by atoms with Gasteiger partial charge in [-0.3, -0.25) is 4.79 Å². The highest BCUT2D eigenvalue weighted by molar-refractivity contribution is 5.93. The number of aryl methyl sites for hydroxylation is 1. The van der Waals surface area contributed by atoms with Crippen molar-refractivity contribution in [1.29, 1.82) is 0 Å². The summed E-state index contributed by atoms with van der Waals surface area (Å²) in [4.78, 5) is 12.2. The van der Waals surface area contributed by atoms with Gasteiger partial charge in [0, 0.05) is 12.7 Å². The quantitative estimate of drug-likeness (QED) is 0.756. The number of carbonyl (C=O) groups is 1. The molecule has 0 aromatic carbocycles. The standard InChI is InChI=1S/C14H18N4O2.2ClH/c1-9-3-5-18-10(6-9)7-12(17-18)14(20)16-11-2-4-15-8-13(11)19;;/h3,5-7,11,13,15,19H,2,4,8H2,1H3,(H,16,20);2*1H/t11-,13-;;/m1../s1. The van der Waals surface area contributed by atoms with Gasteiger partial charge < -0.3 is 15.7 Å². The number of amides is 1. The van der Waals surface area contributed by atoms with Gasteiger partial charge in [-0.1, -0.05) is 0 Å². The van der Waals surface area contributed by atoms with E-state index < -0.39 is 6.10 Å². The normalized spacial score (nSPS) is 20.8. The number of aliphatic hydroxyl groups excluding tert-OH is 1. The molecular formula is C14H20Cl2N4O2. The first-order chi connectivity index (χ1) is 9.63. The van der Waals surface area contributed by atoms with E-state index >= 15 is 0 Å². The monoisotopic (exact) mass is 346 g/mol. The van der Waals surface area contributed by atoms with E-state index in [1.165, 1.54) is 0 Å². The van der Waals surface area contributed by atoms with E-state index in [9.17, 15) is 9.90 Å². The van der Waals surface area contributed by atoms with Crippen LogP contribution in [0.2, 0.25) is 0 Å². The first-order valence-corrected chi connectivity index (χ1v) is 6.79. The number of β-amino-alcohol motifs (C(OH)–C–C–N with tert-alkyl or cyclic N) is 1. The topological polar surface area (TPSA) is 78.7 Å². The number of nitrogens with zero attached hydrogens (tertiary/aromatic N) is 2. The Labute approximate surface area is 141 Å². The molecule has 6 nitrogen and oxygen atoms in total. The van der Waals surface area contributed by atoms with Crippen LogP contribution in [0, 0.1) is 6.92 Å². The van der Waals surface area contributed by atoms with E-state index in [1.54, 1.807) is 10.6 Å². The summed E-state index contributed by atoms with van der Waals surface area (Å²) in [5, 5.41) is 20.0. The van der Waals surface area contributed by atoms with Crippen LogP contribution in [-0.2, 0) is 0 Å². The fourth-order valence-electron chi connectivity index (χ4n) is 2.47. The van der Waals surface area contributed by atoms with Crippen molar-refractivity contribution in [2.24, 2.45) is 0 Å². The van der Waals surface area contributed by atoms with Crippen LogP contribution in [0.15, 0.2) is 24.4 Å². The number of carbonyl (C=O) groups excluding carboxylic acids is 1. The third kappa shape index (κ3) is 3.89. The van der Waals surface area contributed by atoms with E-state index in [-0.39, 0.29) is 36.8 Å². The van der Waals surface area contributed by atoms with Gasteiger partial charge in [0.2, 0.25) is 0 Å². The van der Waals surface area contributed by atoms with Crippen LogP contribution in [-0.4, -0.2) is 45.9 Å². The lowest BCUT2D eigenvalue weighted by molar-refractivity contribution is 0.0761. The molecule has 0 unspecified atom stereocenters. The van der Waals surface area contributed by atoms with Gasteiger partial charge in [0.15, 0.2) is 5.69 Å². The fraction of sp³-hybridized carbons (Fsp3) is 0.429. The maximum Gasteiger partial charge on any atom is 0.272 e. The number of aliphatic hydroxyl groups is 1. The molecule has 1 saturated heterocycles. The molecule has 1 aliphatic rings. The summed E-state index contributed by atoms with van der Waals surface area (Å²) in [6.45, 7) is 3.31. The van der Waals surface area contributed by atoms with E-state index in [2.05, 4.69) is 15.7 Å². The number of pyridine rings is 1. The predicted octanol–water partition coefficient (Wildman–Crippen LogP) is 0.939. The van der Waals surface area contributed by atoms with Crippen LogP contribution in [0.4, 0.5) is 0 Å². The number of nitrogens with one attached hydrogen (secondary N) is 2. The minimum Gasteiger partial charge on any atom is -0.390 e. The molecular weight excluding hydrogens is 327 g/mol. The Morgan fingerprint density at radius 2 is 2.23 bits per heavy atom. The van der Waals surface area contributed by atoms with Gasteiger partial charge in [-0.2, -0.15) is 5.10 Å². The second-order valence-electron chi connectivity index (χ2n) is 5.24. The number of rotatable bonds is 2. The summed E-state index contributed by atoms with van der Waals surface area (Å²) in [5.41, 5.74) is 2.39. The second-order valence-corrected chi connectivity index (χ2v) is 5.24. The summed E-state index contributed by atoms with van der Waals surface area (Å²) < 4.78 is 1.68. The van der Waals surface area contributed by atoms with Crippen LogP contribution in [0.5, 0.6) is 0 Å². The summed E-state index contributed by atoms with van der Waals surface area (Å²) in [5.74, 6) is -0.239. The van der Waals surface area contributed by atoms with Crippen molar-refractivity contribution in [3.05, 3.63) is 35.7 Å². The number of piperidine rings is 1. The molecule has 0 spiro atoms. The molecule has 0 bridgehead atoms. The Hall–Kier alpha value is -1.34. The average molecular weight is 347 g/mol. The molecule has 0 saturated carbocycles. The highest BCUT2D eigenvalue weighted by atomic mass is 35.5. The van der Waals surface area contributed by atoms with E-state index in [0.717, 1.165) is 24.0 Å².